The van der Waals surface area contributed by atoms with Gasteiger partial charge in [-0.25, -0.2) is 4.98 Å². The molecular formula is C9H7FN2O2S2. The maximum Gasteiger partial charge on any atom is 0.332 e. The lowest BCUT2D eigenvalue weighted by Crippen LogP contribution is -1.92. The number of hydrogen-bond acceptors (Lipinski definition) is 5. The number of hydrogen-bond donors (Lipinski definition) is 1. The van der Waals surface area contributed by atoms with E-state index >= 15 is 0 Å². The molecule has 1 aromatic carbocycles. The van der Waals surface area contributed by atoms with Gasteiger partial charge in [0.15, 0.2) is 5.13 Å². The molecule has 0 aliphatic heterocycles. The molecule has 1 heterocycles. The summed E-state index contributed by atoms with van der Waals surface area (Å²) < 4.78 is 34.2. The van der Waals surface area contributed by atoms with Crippen molar-refractivity contribution in [2.24, 2.45) is 0 Å². The molecule has 1 aromatic heterocycles. The van der Waals surface area contributed by atoms with Crippen LogP contribution in [0.1, 0.15) is 0 Å². The molecule has 0 unspecified atom stereocenters. The van der Waals surface area contributed by atoms with Gasteiger partial charge in [-0.1, -0.05) is 12.1 Å². The first-order valence-electron chi connectivity index (χ1n) is 4.23. The van der Waals surface area contributed by atoms with Crippen molar-refractivity contribution in [1.82, 2.24) is 4.98 Å². The second kappa shape index (κ2) is 3.84. The summed E-state index contributed by atoms with van der Waals surface area (Å²) >= 11 is 1.24. The van der Waals surface area contributed by atoms with Crippen LogP contribution < -0.4 is 5.73 Å². The molecule has 0 fully saturated rings. The summed E-state index contributed by atoms with van der Waals surface area (Å²) in [7, 11) is -4.68. The van der Waals surface area contributed by atoms with Gasteiger partial charge in [0.25, 0.3) is 0 Å². The van der Waals surface area contributed by atoms with E-state index in [0.29, 0.717) is 16.4 Å². The number of benzene rings is 1. The third-order valence-corrected chi connectivity index (χ3v) is 3.42. The molecule has 16 heavy (non-hydrogen) atoms. The molecule has 0 amide bonds. The van der Waals surface area contributed by atoms with E-state index in [1.807, 2.05) is 0 Å². The molecule has 0 saturated carbocycles. The standard InChI is InChI=1S/C9H7FN2O2S2/c10-16(13,14)7-3-1-2-6(4-7)8-5-15-9(11)12-8/h1-5H,(H2,11,12). The van der Waals surface area contributed by atoms with Crippen LogP contribution in [0.5, 0.6) is 0 Å². The number of nitrogen functional groups attached to an aromatic ring is 1. The van der Waals surface area contributed by atoms with Crippen LogP contribution in [0.4, 0.5) is 9.02 Å². The van der Waals surface area contributed by atoms with Crippen LogP contribution in [0.2, 0.25) is 0 Å². The van der Waals surface area contributed by atoms with Crippen LogP contribution in [0, 0.1) is 0 Å². The molecule has 0 bridgehead atoms. The smallest absolute Gasteiger partial charge is 0.332 e. The zero-order valence-corrected chi connectivity index (χ0v) is 9.56. The Morgan fingerprint density at radius 1 is 1.38 bits per heavy atom. The molecule has 0 aliphatic rings. The topological polar surface area (TPSA) is 73.0 Å². The van der Waals surface area contributed by atoms with E-state index in [0.717, 1.165) is 0 Å². The fourth-order valence-electron chi connectivity index (χ4n) is 1.23. The molecule has 0 saturated heterocycles. The minimum Gasteiger partial charge on any atom is -0.375 e. The Morgan fingerprint density at radius 3 is 2.69 bits per heavy atom. The Kier molecular flexibility index (Phi) is 2.64. The molecule has 0 spiro atoms. The van der Waals surface area contributed by atoms with Gasteiger partial charge in [0.1, 0.15) is 0 Å². The zero-order valence-electron chi connectivity index (χ0n) is 7.92. The van der Waals surface area contributed by atoms with E-state index in [-0.39, 0.29) is 4.90 Å². The first kappa shape index (κ1) is 11.0. The number of anilines is 1. The first-order valence-corrected chi connectivity index (χ1v) is 6.49. The number of nitrogens with two attached hydrogens (primary N) is 1. The highest BCUT2D eigenvalue weighted by molar-refractivity contribution is 7.86. The second-order valence-electron chi connectivity index (χ2n) is 3.04. The summed E-state index contributed by atoms with van der Waals surface area (Å²) in [6.45, 7) is 0. The Bertz CT molecular complexity index is 622. The molecule has 2 aromatic rings. The van der Waals surface area contributed by atoms with Crippen LogP contribution >= 0.6 is 11.3 Å². The van der Waals surface area contributed by atoms with Crippen molar-refractivity contribution in [2.75, 3.05) is 5.73 Å². The minimum absolute atomic E-state index is 0.378. The molecular weight excluding hydrogens is 251 g/mol. The van der Waals surface area contributed by atoms with Crippen LogP contribution in [0.3, 0.4) is 0 Å². The van der Waals surface area contributed by atoms with Crippen LogP contribution in [-0.2, 0) is 10.2 Å². The molecule has 0 aliphatic carbocycles. The molecule has 7 heteroatoms. The number of rotatable bonds is 2. The summed E-state index contributed by atoms with van der Waals surface area (Å²) in [5.74, 6) is 0. The molecule has 4 nitrogen and oxygen atoms in total. The van der Waals surface area contributed by atoms with Crippen LogP contribution in [0.15, 0.2) is 34.5 Å². The Morgan fingerprint density at radius 2 is 2.12 bits per heavy atom. The van der Waals surface area contributed by atoms with Crippen molar-refractivity contribution in [2.45, 2.75) is 4.90 Å². The van der Waals surface area contributed by atoms with Crippen molar-refractivity contribution < 1.29 is 12.3 Å². The molecule has 0 radical (unpaired) electrons. The monoisotopic (exact) mass is 258 g/mol. The van der Waals surface area contributed by atoms with Crippen molar-refractivity contribution in [3.8, 4) is 11.3 Å². The van der Waals surface area contributed by atoms with E-state index in [4.69, 9.17) is 5.73 Å². The maximum atomic E-state index is 12.8. The Hall–Kier alpha value is -1.47. The summed E-state index contributed by atoms with van der Waals surface area (Å²) in [4.78, 5) is 3.60. The Labute approximate surface area is 95.8 Å². The maximum absolute atomic E-state index is 12.8. The fourth-order valence-corrected chi connectivity index (χ4v) is 2.31. The third kappa shape index (κ3) is 2.20. The van der Waals surface area contributed by atoms with Crippen molar-refractivity contribution >= 4 is 26.7 Å². The van der Waals surface area contributed by atoms with Gasteiger partial charge >= 0.3 is 10.2 Å². The van der Waals surface area contributed by atoms with Gasteiger partial charge in [-0.05, 0) is 12.1 Å². The fraction of sp³-hybridized carbons (Fsp3) is 0. The van der Waals surface area contributed by atoms with Gasteiger partial charge in [0, 0.05) is 10.9 Å². The predicted octanol–water partition coefficient (Wildman–Crippen LogP) is 2.05. The zero-order chi connectivity index (χ0) is 11.8. The number of aromatic nitrogens is 1. The lowest BCUT2D eigenvalue weighted by molar-refractivity contribution is 0.552. The quantitative estimate of drug-likeness (QED) is 0.837. The SMILES string of the molecule is Nc1nc(-c2cccc(S(=O)(=O)F)c2)cs1. The Balaban J connectivity index is 2.52. The molecule has 2 rings (SSSR count). The largest absolute Gasteiger partial charge is 0.375 e. The summed E-state index contributed by atoms with van der Waals surface area (Å²) in [5.41, 5.74) is 6.51. The third-order valence-electron chi connectivity index (χ3n) is 1.93. The lowest BCUT2D eigenvalue weighted by Gasteiger charge is -1.98. The van der Waals surface area contributed by atoms with Crippen LogP contribution in [-0.4, -0.2) is 13.4 Å². The second-order valence-corrected chi connectivity index (χ2v) is 5.27. The highest BCUT2D eigenvalue weighted by Gasteiger charge is 2.13. The van der Waals surface area contributed by atoms with Gasteiger partial charge in [0.2, 0.25) is 0 Å². The van der Waals surface area contributed by atoms with E-state index < -0.39 is 10.2 Å². The number of halogens is 1. The van der Waals surface area contributed by atoms with Crippen molar-refractivity contribution in [3.63, 3.8) is 0 Å². The lowest BCUT2D eigenvalue weighted by atomic mass is 10.2. The average molecular weight is 258 g/mol. The molecule has 84 valence electrons. The van der Waals surface area contributed by atoms with Gasteiger partial charge in [-0.3, -0.25) is 0 Å². The summed E-state index contributed by atoms with van der Waals surface area (Å²) in [6.07, 6.45) is 0. The van der Waals surface area contributed by atoms with E-state index in [1.165, 1.54) is 29.5 Å². The van der Waals surface area contributed by atoms with E-state index in [9.17, 15) is 12.3 Å². The van der Waals surface area contributed by atoms with Gasteiger partial charge < -0.3 is 5.73 Å². The highest BCUT2D eigenvalue weighted by Crippen LogP contribution is 2.25. The predicted molar refractivity (Wildman–Crippen MR) is 60.3 cm³/mol. The normalized spacial score (nSPS) is 11.6. The number of thiazole rings is 1. The number of nitrogens with zero attached hydrogens (tertiary/aromatic N) is 1. The van der Waals surface area contributed by atoms with Crippen molar-refractivity contribution in [3.05, 3.63) is 29.6 Å². The summed E-state index contributed by atoms with van der Waals surface area (Å²) in [6, 6.07) is 5.51. The van der Waals surface area contributed by atoms with Gasteiger partial charge in [0.05, 0.1) is 10.6 Å². The van der Waals surface area contributed by atoms with Crippen LogP contribution in [0.25, 0.3) is 11.3 Å². The highest BCUT2D eigenvalue weighted by atomic mass is 32.3. The molecule has 2 N–H and O–H groups in total. The molecule has 0 atom stereocenters. The van der Waals surface area contributed by atoms with Gasteiger partial charge in [-0.15, -0.1) is 15.2 Å². The van der Waals surface area contributed by atoms with Crippen molar-refractivity contribution in [1.29, 1.82) is 0 Å². The van der Waals surface area contributed by atoms with E-state index in [1.54, 1.807) is 11.4 Å². The summed E-state index contributed by atoms with van der Waals surface area (Å²) in [5, 5.41) is 2.06. The first-order chi connectivity index (χ1) is 7.47. The minimum atomic E-state index is -4.68. The average Bonchev–Trinajstić information content (AvgIpc) is 2.64. The van der Waals surface area contributed by atoms with Gasteiger partial charge in [-0.2, -0.15) is 8.42 Å². The van der Waals surface area contributed by atoms with E-state index in [2.05, 4.69) is 4.98 Å².